The Morgan fingerprint density at radius 1 is 1.03 bits per heavy atom. The highest BCUT2D eigenvalue weighted by Crippen LogP contribution is 2.29. The number of hydrogen-bond acceptors (Lipinski definition) is 5. The van der Waals surface area contributed by atoms with E-state index in [0.29, 0.717) is 43.1 Å². The molecule has 1 amide bonds. The number of amides is 1. The number of aromatic amines is 1. The quantitative estimate of drug-likeness (QED) is 0.610. The van der Waals surface area contributed by atoms with Crippen molar-refractivity contribution in [3.8, 4) is 0 Å². The third-order valence-electron chi connectivity index (χ3n) is 5.63. The van der Waals surface area contributed by atoms with E-state index in [1.165, 1.54) is 28.6 Å². The Bertz CT molecular complexity index is 1350. The molecule has 9 heteroatoms. The summed E-state index contributed by atoms with van der Waals surface area (Å²) in [5.74, 6) is -0.376. The lowest BCUT2D eigenvalue weighted by Crippen LogP contribution is -2.40. The van der Waals surface area contributed by atoms with Crippen molar-refractivity contribution in [3.63, 3.8) is 0 Å². The van der Waals surface area contributed by atoms with E-state index in [4.69, 9.17) is 4.74 Å². The SMILES string of the molecule is CC(C)(C)c1cc(=O)[nH]c2cc(NC(=O)c3ccc(S(=O)(=O)N4CCOCC4)cc3)ccc12. The van der Waals surface area contributed by atoms with Gasteiger partial charge in [0.15, 0.2) is 0 Å². The molecule has 0 spiro atoms. The Morgan fingerprint density at radius 2 is 1.70 bits per heavy atom. The van der Waals surface area contributed by atoms with Gasteiger partial charge in [-0.05, 0) is 47.4 Å². The molecule has 1 aliphatic rings. The number of hydrogen-bond donors (Lipinski definition) is 2. The van der Waals surface area contributed by atoms with Crippen molar-refractivity contribution in [3.05, 3.63) is 70.0 Å². The third kappa shape index (κ3) is 4.85. The van der Waals surface area contributed by atoms with E-state index in [2.05, 4.69) is 10.3 Å². The van der Waals surface area contributed by atoms with Crippen LogP contribution in [0, 0.1) is 0 Å². The summed E-state index contributed by atoms with van der Waals surface area (Å²) >= 11 is 0. The van der Waals surface area contributed by atoms with Crippen molar-refractivity contribution in [2.24, 2.45) is 0 Å². The first-order chi connectivity index (χ1) is 15.6. The van der Waals surface area contributed by atoms with Crippen LogP contribution in [0.25, 0.3) is 10.9 Å². The molecule has 1 saturated heterocycles. The second-order valence-electron chi connectivity index (χ2n) is 9.05. The molecule has 0 atom stereocenters. The number of benzene rings is 2. The molecule has 2 N–H and O–H groups in total. The maximum absolute atomic E-state index is 12.8. The topological polar surface area (TPSA) is 109 Å². The summed E-state index contributed by atoms with van der Waals surface area (Å²) in [5.41, 5.74) is 2.01. The number of carbonyl (C=O) groups is 1. The largest absolute Gasteiger partial charge is 0.379 e. The van der Waals surface area contributed by atoms with Crippen LogP contribution in [-0.2, 0) is 20.2 Å². The molecular weight excluding hydrogens is 442 g/mol. The van der Waals surface area contributed by atoms with E-state index in [1.807, 2.05) is 26.8 Å². The fourth-order valence-corrected chi connectivity index (χ4v) is 5.28. The van der Waals surface area contributed by atoms with E-state index in [9.17, 15) is 18.0 Å². The van der Waals surface area contributed by atoms with Crippen LogP contribution in [0.2, 0.25) is 0 Å². The molecule has 0 bridgehead atoms. The van der Waals surface area contributed by atoms with Gasteiger partial charge in [0.2, 0.25) is 15.6 Å². The highest BCUT2D eigenvalue weighted by atomic mass is 32.2. The Kier molecular flexibility index (Phi) is 6.13. The fourth-order valence-electron chi connectivity index (χ4n) is 3.88. The van der Waals surface area contributed by atoms with Crippen molar-refractivity contribution in [1.29, 1.82) is 0 Å². The zero-order chi connectivity index (χ0) is 23.8. The van der Waals surface area contributed by atoms with Gasteiger partial charge in [-0.3, -0.25) is 9.59 Å². The van der Waals surface area contributed by atoms with E-state index in [1.54, 1.807) is 18.2 Å². The van der Waals surface area contributed by atoms with Gasteiger partial charge in [-0.15, -0.1) is 0 Å². The molecule has 1 fully saturated rings. The second-order valence-corrected chi connectivity index (χ2v) is 11.0. The second kappa shape index (κ2) is 8.74. The van der Waals surface area contributed by atoms with E-state index in [-0.39, 0.29) is 21.8 Å². The Labute approximate surface area is 192 Å². The van der Waals surface area contributed by atoms with Crippen molar-refractivity contribution < 1.29 is 17.9 Å². The van der Waals surface area contributed by atoms with Gasteiger partial charge in [-0.1, -0.05) is 26.8 Å². The maximum atomic E-state index is 12.8. The number of fused-ring (bicyclic) bond motifs is 1. The first-order valence-corrected chi connectivity index (χ1v) is 12.2. The number of nitrogens with zero attached hydrogens (tertiary/aromatic N) is 1. The highest BCUT2D eigenvalue weighted by molar-refractivity contribution is 7.89. The van der Waals surface area contributed by atoms with Gasteiger partial charge in [0.25, 0.3) is 5.91 Å². The first kappa shape index (κ1) is 23.2. The first-order valence-electron chi connectivity index (χ1n) is 10.7. The maximum Gasteiger partial charge on any atom is 0.255 e. The number of ether oxygens (including phenoxy) is 1. The molecule has 2 aromatic carbocycles. The van der Waals surface area contributed by atoms with Gasteiger partial charge >= 0.3 is 0 Å². The van der Waals surface area contributed by atoms with Gasteiger partial charge in [0.05, 0.1) is 23.6 Å². The predicted molar refractivity (Wildman–Crippen MR) is 127 cm³/mol. The highest BCUT2D eigenvalue weighted by Gasteiger charge is 2.26. The Balaban J connectivity index is 1.55. The van der Waals surface area contributed by atoms with Gasteiger partial charge < -0.3 is 15.0 Å². The molecule has 0 radical (unpaired) electrons. The summed E-state index contributed by atoms with van der Waals surface area (Å²) in [6.07, 6.45) is 0. The smallest absolute Gasteiger partial charge is 0.255 e. The van der Waals surface area contributed by atoms with Crippen LogP contribution in [0.4, 0.5) is 5.69 Å². The summed E-state index contributed by atoms with van der Waals surface area (Å²) in [7, 11) is -3.62. The summed E-state index contributed by atoms with van der Waals surface area (Å²) in [6, 6.07) is 12.8. The molecule has 1 aromatic heterocycles. The minimum atomic E-state index is -3.62. The molecule has 4 rings (SSSR count). The van der Waals surface area contributed by atoms with Crippen LogP contribution in [0.1, 0.15) is 36.7 Å². The average Bonchev–Trinajstić information content (AvgIpc) is 2.78. The summed E-state index contributed by atoms with van der Waals surface area (Å²) < 4.78 is 32.1. The number of anilines is 1. The summed E-state index contributed by atoms with van der Waals surface area (Å²) in [5, 5.41) is 3.73. The van der Waals surface area contributed by atoms with Crippen molar-refractivity contribution in [1.82, 2.24) is 9.29 Å². The van der Waals surface area contributed by atoms with Crippen LogP contribution in [0.15, 0.2) is 58.2 Å². The Morgan fingerprint density at radius 3 is 2.33 bits per heavy atom. The zero-order valence-corrected chi connectivity index (χ0v) is 19.7. The molecular formula is C24H27N3O5S. The molecule has 8 nitrogen and oxygen atoms in total. The number of nitrogens with one attached hydrogen (secondary N) is 2. The van der Waals surface area contributed by atoms with Gasteiger partial charge in [0.1, 0.15) is 0 Å². The number of rotatable bonds is 4. The molecule has 3 aromatic rings. The predicted octanol–water partition coefficient (Wildman–Crippen LogP) is 3.10. The van der Waals surface area contributed by atoms with Gasteiger partial charge in [-0.25, -0.2) is 8.42 Å². The van der Waals surface area contributed by atoms with Crippen molar-refractivity contribution in [2.75, 3.05) is 31.6 Å². The molecule has 0 saturated carbocycles. The van der Waals surface area contributed by atoms with Crippen LogP contribution in [-0.4, -0.2) is 49.9 Å². The monoisotopic (exact) mass is 469 g/mol. The normalized spacial score (nSPS) is 15.5. The fraction of sp³-hybridized carbons (Fsp3) is 0.333. The van der Waals surface area contributed by atoms with E-state index >= 15 is 0 Å². The minimum Gasteiger partial charge on any atom is -0.379 e. The number of aromatic nitrogens is 1. The lowest BCUT2D eigenvalue weighted by atomic mass is 9.85. The average molecular weight is 470 g/mol. The number of H-pyrrole nitrogens is 1. The molecule has 174 valence electrons. The van der Waals surface area contributed by atoms with E-state index in [0.717, 1.165) is 10.9 Å². The third-order valence-corrected chi connectivity index (χ3v) is 7.55. The number of sulfonamides is 1. The van der Waals surface area contributed by atoms with Crippen molar-refractivity contribution in [2.45, 2.75) is 31.1 Å². The zero-order valence-electron chi connectivity index (χ0n) is 18.8. The van der Waals surface area contributed by atoms with Gasteiger partial charge in [-0.2, -0.15) is 4.31 Å². The van der Waals surface area contributed by atoms with Crippen LogP contribution in [0.3, 0.4) is 0 Å². The number of carbonyl (C=O) groups excluding carboxylic acids is 1. The lowest BCUT2D eigenvalue weighted by molar-refractivity contribution is 0.0730. The Hall–Kier alpha value is -3.01. The van der Waals surface area contributed by atoms with Crippen molar-refractivity contribution >= 4 is 32.5 Å². The summed E-state index contributed by atoms with van der Waals surface area (Å²) in [6.45, 7) is 7.48. The molecule has 0 aliphatic carbocycles. The van der Waals surface area contributed by atoms with Crippen LogP contribution >= 0.6 is 0 Å². The molecule has 2 heterocycles. The van der Waals surface area contributed by atoms with Crippen LogP contribution in [0.5, 0.6) is 0 Å². The standard InChI is InChI=1S/C24H27N3O5S/c1-24(2,3)20-15-22(28)26-21-14-17(6-9-19(20)21)25-23(29)16-4-7-18(8-5-16)33(30,31)27-10-12-32-13-11-27/h4-9,14-15H,10-13H2,1-3H3,(H,25,29)(H,26,28). The van der Waals surface area contributed by atoms with Gasteiger partial charge in [0, 0.05) is 35.8 Å². The lowest BCUT2D eigenvalue weighted by Gasteiger charge is -2.26. The van der Waals surface area contributed by atoms with Crippen LogP contribution < -0.4 is 10.9 Å². The number of pyridine rings is 1. The van der Waals surface area contributed by atoms with E-state index < -0.39 is 10.0 Å². The minimum absolute atomic E-state index is 0.138. The molecule has 0 unspecified atom stereocenters. The molecule has 1 aliphatic heterocycles. The number of morpholine rings is 1. The molecule has 33 heavy (non-hydrogen) atoms. The summed E-state index contributed by atoms with van der Waals surface area (Å²) in [4.78, 5) is 27.8.